The van der Waals surface area contributed by atoms with E-state index in [9.17, 15) is 4.79 Å². The van der Waals surface area contributed by atoms with Crippen molar-refractivity contribution < 1.29 is 14.6 Å². The SMILES string of the molecule is COC(=O)/C=C(/CO)Cc1ccccc1. The van der Waals surface area contributed by atoms with Gasteiger partial charge in [-0.1, -0.05) is 30.3 Å². The van der Waals surface area contributed by atoms with Crippen molar-refractivity contribution in [3.05, 3.63) is 47.5 Å². The van der Waals surface area contributed by atoms with E-state index in [2.05, 4.69) is 4.74 Å². The van der Waals surface area contributed by atoms with Crippen LogP contribution in [0.3, 0.4) is 0 Å². The lowest BCUT2D eigenvalue weighted by atomic mass is 10.1. The maximum Gasteiger partial charge on any atom is 0.330 e. The number of aliphatic hydroxyl groups is 1. The first-order valence-corrected chi connectivity index (χ1v) is 4.68. The Kier molecular flexibility index (Phi) is 4.57. The Morgan fingerprint density at radius 1 is 1.40 bits per heavy atom. The van der Waals surface area contributed by atoms with Crippen LogP contribution < -0.4 is 0 Å². The highest BCUT2D eigenvalue weighted by molar-refractivity contribution is 5.82. The summed E-state index contributed by atoms with van der Waals surface area (Å²) in [5.74, 6) is -0.435. The fraction of sp³-hybridized carbons (Fsp3) is 0.250. The fourth-order valence-electron chi connectivity index (χ4n) is 1.24. The molecule has 0 spiro atoms. The molecule has 0 aliphatic carbocycles. The van der Waals surface area contributed by atoms with Crippen LogP contribution in [0, 0.1) is 0 Å². The highest BCUT2D eigenvalue weighted by atomic mass is 16.5. The topological polar surface area (TPSA) is 46.5 Å². The van der Waals surface area contributed by atoms with E-state index in [-0.39, 0.29) is 6.61 Å². The molecular weight excluding hydrogens is 192 g/mol. The van der Waals surface area contributed by atoms with Crippen molar-refractivity contribution >= 4 is 5.97 Å². The third-order valence-electron chi connectivity index (χ3n) is 2.00. The van der Waals surface area contributed by atoms with E-state index in [1.165, 1.54) is 13.2 Å². The number of rotatable bonds is 4. The molecule has 0 fully saturated rings. The number of methoxy groups -OCH3 is 1. The van der Waals surface area contributed by atoms with Gasteiger partial charge < -0.3 is 9.84 Å². The van der Waals surface area contributed by atoms with E-state index < -0.39 is 5.97 Å². The van der Waals surface area contributed by atoms with Crippen LogP contribution in [0.1, 0.15) is 5.56 Å². The second-order valence-electron chi connectivity index (χ2n) is 3.15. The number of hydrogen-bond donors (Lipinski definition) is 1. The van der Waals surface area contributed by atoms with E-state index in [1.54, 1.807) is 0 Å². The molecule has 0 aromatic heterocycles. The van der Waals surface area contributed by atoms with Gasteiger partial charge in [0, 0.05) is 6.08 Å². The summed E-state index contributed by atoms with van der Waals surface area (Å²) in [6, 6.07) is 9.65. The normalized spacial score (nSPS) is 11.2. The lowest BCUT2D eigenvalue weighted by Crippen LogP contribution is -2.02. The summed E-state index contributed by atoms with van der Waals surface area (Å²) in [4.78, 5) is 11.0. The minimum atomic E-state index is -0.435. The molecule has 0 heterocycles. The first-order chi connectivity index (χ1) is 7.26. The van der Waals surface area contributed by atoms with Crippen LogP contribution in [0.2, 0.25) is 0 Å². The largest absolute Gasteiger partial charge is 0.466 e. The van der Waals surface area contributed by atoms with E-state index in [1.807, 2.05) is 30.3 Å². The van der Waals surface area contributed by atoms with Gasteiger partial charge in [-0.15, -0.1) is 0 Å². The predicted molar refractivity (Wildman–Crippen MR) is 57.3 cm³/mol. The Morgan fingerprint density at radius 3 is 2.60 bits per heavy atom. The predicted octanol–water partition coefficient (Wildman–Crippen LogP) is 1.32. The summed E-state index contributed by atoms with van der Waals surface area (Å²) in [6.45, 7) is -0.135. The molecule has 0 atom stereocenters. The number of aliphatic hydroxyl groups excluding tert-OH is 1. The molecule has 0 aliphatic heterocycles. The standard InChI is InChI=1S/C12H14O3/c1-15-12(14)8-11(9-13)7-10-5-3-2-4-6-10/h2-6,8,13H,7,9H2,1H3/b11-8+. The van der Waals surface area contributed by atoms with Gasteiger partial charge in [0.1, 0.15) is 0 Å². The van der Waals surface area contributed by atoms with Crippen molar-refractivity contribution in [1.82, 2.24) is 0 Å². The van der Waals surface area contributed by atoms with Crippen molar-refractivity contribution in [3.63, 3.8) is 0 Å². The van der Waals surface area contributed by atoms with Crippen LogP contribution in [0.4, 0.5) is 0 Å². The molecule has 0 saturated heterocycles. The van der Waals surface area contributed by atoms with Crippen molar-refractivity contribution in [2.24, 2.45) is 0 Å². The van der Waals surface area contributed by atoms with Crippen LogP contribution in [0.5, 0.6) is 0 Å². The number of carbonyl (C=O) groups is 1. The lowest BCUT2D eigenvalue weighted by Gasteiger charge is -2.03. The van der Waals surface area contributed by atoms with E-state index in [0.717, 1.165) is 5.56 Å². The summed E-state index contributed by atoms with van der Waals surface area (Å²) < 4.78 is 4.49. The summed E-state index contributed by atoms with van der Waals surface area (Å²) in [5.41, 5.74) is 1.70. The van der Waals surface area contributed by atoms with Crippen molar-refractivity contribution in [1.29, 1.82) is 0 Å². The molecule has 1 aromatic rings. The minimum Gasteiger partial charge on any atom is -0.466 e. The van der Waals surface area contributed by atoms with E-state index >= 15 is 0 Å². The Labute approximate surface area is 89.0 Å². The quantitative estimate of drug-likeness (QED) is 0.597. The van der Waals surface area contributed by atoms with Gasteiger partial charge in [-0.25, -0.2) is 4.79 Å². The molecule has 0 radical (unpaired) electrons. The van der Waals surface area contributed by atoms with Gasteiger partial charge in [-0.3, -0.25) is 0 Å². The smallest absolute Gasteiger partial charge is 0.330 e. The van der Waals surface area contributed by atoms with Gasteiger partial charge in [0.15, 0.2) is 0 Å². The molecule has 0 unspecified atom stereocenters. The van der Waals surface area contributed by atoms with Gasteiger partial charge in [0.25, 0.3) is 0 Å². The zero-order valence-electron chi connectivity index (χ0n) is 8.64. The number of hydrogen-bond acceptors (Lipinski definition) is 3. The molecule has 0 aliphatic rings. The van der Waals surface area contributed by atoms with Crippen molar-refractivity contribution in [2.45, 2.75) is 6.42 Å². The van der Waals surface area contributed by atoms with Crippen LogP contribution in [-0.4, -0.2) is 24.8 Å². The summed E-state index contributed by atoms with van der Waals surface area (Å²) in [5, 5.41) is 9.06. The molecule has 80 valence electrons. The fourth-order valence-corrected chi connectivity index (χ4v) is 1.24. The van der Waals surface area contributed by atoms with Crippen molar-refractivity contribution in [2.75, 3.05) is 13.7 Å². The molecular formula is C12H14O3. The average Bonchev–Trinajstić information content (AvgIpc) is 2.29. The first kappa shape index (κ1) is 11.5. The Morgan fingerprint density at radius 2 is 2.07 bits per heavy atom. The molecule has 3 heteroatoms. The molecule has 15 heavy (non-hydrogen) atoms. The molecule has 1 N–H and O–H groups in total. The Hall–Kier alpha value is -1.61. The molecule has 3 nitrogen and oxygen atoms in total. The molecule has 1 rings (SSSR count). The van der Waals surface area contributed by atoms with Crippen LogP contribution in [0.25, 0.3) is 0 Å². The van der Waals surface area contributed by atoms with Gasteiger partial charge in [0.05, 0.1) is 13.7 Å². The maximum atomic E-state index is 11.0. The number of benzene rings is 1. The van der Waals surface area contributed by atoms with Crippen molar-refractivity contribution in [3.8, 4) is 0 Å². The summed E-state index contributed by atoms with van der Waals surface area (Å²) >= 11 is 0. The van der Waals surface area contributed by atoms with Gasteiger partial charge in [-0.05, 0) is 17.6 Å². The van der Waals surface area contributed by atoms with E-state index in [0.29, 0.717) is 12.0 Å². The highest BCUT2D eigenvalue weighted by Gasteiger charge is 2.01. The minimum absolute atomic E-state index is 0.135. The second kappa shape index (κ2) is 5.98. The van der Waals surface area contributed by atoms with Gasteiger partial charge in [-0.2, -0.15) is 0 Å². The molecule has 1 aromatic carbocycles. The second-order valence-corrected chi connectivity index (χ2v) is 3.15. The third kappa shape index (κ3) is 3.95. The van der Waals surface area contributed by atoms with Crippen LogP contribution in [0.15, 0.2) is 42.0 Å². The average molecular weight is 206 g/mol. The lowest BCUT2D eigenvalue weighted by molar-refractivity contribution is -0.134. The maximum absolute atomic E-state index is 11.0. The third-order valence-corrected chi connectivity index (χ3v) is 2.00. The first-order valence-electron chi connectivity index (χ1n) is 4.68. The number of carbonyl (C=O) groups excluding carboxylic acids is 1. The number of ether oxygens (including phenoxy) is 1. The Bertz CT molecular complexity index is 341. The Balaban J connectivity index is 2.70. The van der Waals surface area contributed by atoms with Crippen LogP contribution in [-0.2, 0) is 16.0 Å². The zero-order valence-corrected chi connectivity index (χ0v) is 8.64. The number of esters is 1. The zero-order chi connectivity index (χ0) is 11.1. The van der Waals surface area contributed by atoms with Gasteiger partial charge in [0.2, 0.25) is 0 Å². The summed E-state index contributed by atoms with van der Waals surface area (Å²) in [7, 11) is 1.32. The van der Waals surface area contributed by atoms with E-state index in [4.69, 9.17) is 5.11 Å². The molecule has 0 bridgehead atoms. The molecule has 0 amide bonds. The van der Waals surface area contributed by atoms with Crippen LogP contribution >= 0.6 is 0 Å². The summed E-state index contributed by atoms with van der Waals surface area (Å²) in [6.07, 6.45) is 1.89. The van der Waals surface area contributed by atoms with Gasteiger partial charge >= 0.3 is 5.97 Å². The monoisotopic (exact) mass is 206 g/mol. The molecule has 0 saturated carbocycles. The highest BCUT2D eigenvalue weighted by Crippen LogP contribution is 2.07.